The molecular formula is C16H19BO. The first-order chi connectivity index (χ1) is 8.78. The normalized spacial score (nSPS) is 10.3. The van der Waals surface area contributed by atoms with Gasteiger partial charge in [0.05, 0.1) is 0 Å². The number of ether oxygens (including phenoxy) is 1. The standard InChI is InChI=1S/C16H19BO/c1-2-3-5-13-6-4-7-16(12-13)18-15-10-8-14(17)9-11-15/h4,6-12H,2-3,5,17H2,1H3. The lowest BCUT2D eigenvalue weighted by Gasteiger charge is -2.07. The maximum Gasteiger partial charge on any atom is 0.139 e. The topological polar surface area (TPSA) is 9.23 Å². The Bertz CT molecular complexity index is 491. The fraction of sp³-hybridized carbons (Fsp3) is 0.250. The van der Waals surface area contributed by atoms with Gasteiger partial charge in [0.25, 0.3) is 0 Å². The molecule has 0 saturated heterocycles. The number of hydrogen-bond donors (Lipinski definition) is 0. The van der Waals surface area contributed by atoms with Crippen LogP contribution in [0.15, 0.2) is 48.5 Å². The number of rotatable bonds is 5. The molecular weight excluding hydrogens is 219 g/mol. The predicted molar refractivity (Wildman–Crippen MR) is 79.7 cm³/mol. The van der Waals surface area contributed by atoms with Crippen LogP contribution in [0.1, 0.15) is 25.3 Å². The minimum atomic E-state index is 0.897. The molecule has 2 aromatic rings. The Labute approximate surface area is 110 Å². The highest BCUT2D eigenvalue weighted by molar-refractivity contribution is 6.32. The molecule has 0 aliphatic carbocycles. The molecule has 92 valence electrons. The van der Waals surface area contributed by atoms with Crippen molar-refractivity contribution >= 4 is 13.3 Å². The lowest BCUT2D eigenvalue weighted by atomic mass is 9.97. The number of aryl methyl sites for hydroxylation is 1. The van der Waals surface area contributed by atoms with Crippen LogP contribution in [0, 0.1) is 0 Å². The Morgan fingerprint density at radius 1 is 1.00 bits per heavy atom. The third-order valence-electron chi connectivity index (χ3n) is 2.97. The summed E-state index contributed by atoms with van der Waals surface area (Å²) in [6.07, 6.45) is 3.58. The van der Waals surface area contributed by atoms with E-state index in [0.717, 1.165) is 17.9 Å². The Hall–Kier alpha value is -1.70. The zero-order valence-corrected chi connectivity index (χ0v) is 11.1. The van der Waals surface area contributed by atoms with Gasteiger partial charge in [-0.05, 0) is 42.7 Å². The summed E-state index contributed by atoms with van der Waals surface area (Å²) in [6, 6.07) is 16.5. The molecule has 0 spiro atoms. The number of benzene rings is 2. The molecule has 0 amide bonds. The lowest BCUT2D eigenvalue weighted by molar-refractivity contribution is 0.482. The van der Waals surface area contributed by atoms with E-state index in [4.69, 9.17) is 4.74 Å². The first-order valence-corrected chi connectivity index (χ1v) is 6.61. The van der Waals surface area contributed by atoms with Gasteiger partial charge in [-0.3, -0.25) is 0 Å². The van der Waals surface area contributed by atoms with Gasteiger partial charge < -0.3 is 4.74 Å². The highest BCUT2D eigenvalue weighted by Gasteiger charge is 1.99. The van der Waals surface area contributed by atoms with E-state index in [1.165, 1.54) is 23.9 Å². The van der Waals surface area contributed by atoms with Crippen LogP contribution in [0.3, 0.4) is 0 Å². The van der Waals surface area contributed by atoms with E-state index in [-0.39, 0.29) is 0 Å². The largest absolute Gasteiger partial charge is 0.457 e. The van der Waals surface area contributed by atoms with Crippen molar-refractivity contribution in [3.8, 4) is 11.5 Å². The molecule has 0 aromatic heterocycles. The van der Waals surface area contributed by atoms with Crippen LogP contribution >= 0.6 is 0 Å². The van der Waals surface area contributed by atoms with E-state index in [0.29, 0.717) is 0 Å². The third-order valence-corrected chi connectivity index (χ3v) is 2.97. The minimum absolute atomic E-state index is 0.897. The summed E-state index contributed by atoms with van der Waals surface area (Å²) in [5.74, 6) is 1.82. The van der Waals surface area contributed by atoms with Gasteiger partial charge in [-0.1, -0.05) is 43.1 Å². The Balaban J connectivity index is 2.06. The van der Waals surface area contributed by atoms with Crippen molar-refractivity contribution in [3.63, 3.8) is 0 Å². The Morgan fingerprint density at radius 3 is 2.50 bits per heavy atom. The highest BCUT2D eigenvalue weighted by atomic mass is 16.5. The second kappa shape index (κ2) is 6.30. The average Bonchev–Trinajstić information content (AvgIpc) is 2.40. The van der Waals surface area contributed by atoms with Crippen molar-refractivity contribution in [1.82, 2.24) is 0 Å². The maximum absolute atomic E-state index is 5.85. The summed E-state index contributed by atoms with van der Waals surface area (Å²) in [5, 5.41) is 0. The fourth-order valence-electron chi connectivity index (χ4n) is 1.89. The van der Waals surface area contributed by atoms with E-state index in [1.807, 2.05) is 18.2 Å². The van der Waals surface area contributed by atoms with E-state index in [2.05, 4.69) is 45.1 Å². The van der Waals surface area contributed by atoms with E-state index in [9.17, 15) is 0 Å². The molecule has 0 heterocycles. The average molecular weight is 238 g/mol. The molecule has 0 aliphatic rings. The summed E-state index contributed by atoms with van der Waals surface area (Å²) < 4.78 is 5.85. The molecule has 2 rings (SSSR count). The summed E-state index contributed by atoms with van der Waals surface area (Å²) in [5.41, 5.74) is 2.60. The van der Waals surface area contributed by atoms with Gasteiger partial charge in [-0.25, -0.2) is 0 Å². The van der Waals surface area contributed by atoms with Crippen molar-refractivity contribution in [2.45, 2.75) is 26.2 Å². The van der Waals surface area contributed by atoms with Crippen molar-refractivity contribution in [1.29, 1.82) is 0 Å². The zero-order chi connectivity index (χ0) is 12.8. The number of hydrogen-bond acceptors (Lipinski definition) is 1. The molecule has 18 heavy (non-hydrogen) atoms. The summed E-state index contributed by atoms with van der Waals surface area (Å²) in [4.78, 5) is 0. The summed E-state index contributed by atoms with van der Waals surface area (Å²) in [7, 11) is 2.08. The summed E-state index contributed by atoms with van der Waals surface area (Å²) in [6.45, 7) is 2.21. The second-order valence-corrected chi connectivity index (χ2v) is 4.67. The highest BCUT2D eigenvalue weighted by Crippen LogP contribution is 2.22. The van der Waals surface area contributed by atoms with E-state index < -0.39 is 0 Å². The van der Waals surface area contributed by atoms with Crippen molar-refractivity contribution in [2.75, 3.05) is 0 Å². The third kappa shape index (κ3) is 3.66. The molecule has 2 heteroatoms. The fourth-order valence-corrected chi connectivity index (χ4v) is 1.89. The van der Waals surface area contributed by atoms with E-state index >= 15 is 0 Å². The van der Waals surface area contributed by atoms with Crippen LogP contribution in [0.4, 0.5) is 0 Å². The van der Waals surface area contributed by atoms with Crippen molar-refractivity contribution < 1.29 is 4.74 Å². The number of unbranched alkanes of at least 4 members (excludes halogenated alkanes) is 1. The van der Waals surface area contributed by atoms with Crippen LogP contribution in [0.2, 0.25) is 0 Å². The van der Waals surface area contributed by atoms with Gasteiger partial charge in [-0.2, -0.15) is 0 Å². The molecule has 0 radical (unpaired) electrons. The van der Waals surface area contributed by atoms with Gasteiger partial charge in [-0.15, -0.1) is 0 Å². The zero-order valence-electron chi connectivity index (χ0n) is 11.1. The van der Waals surface area contributed by atoms with Gasteiger partial charge >= 0.3 is 0 Å². The Kier molecular flexibility index (Phi) is 4.46. The van der Waals surface area contributed by atoms with Gasteiger partial charge in [0.2, 0.25) is 0 Å². The molecule has 0 N–H and O–H groups in total. The quantitative estimate of drug-likeness (QED) is 0.727. The lowest BCUT2D eigenvalue weighted by Crippen LogP contribution is -1.99. The smallest absolute Gasteiger partial charge is 0.139 e. The molecule has 0 fully saturated rings. The molecule has 0 aliphatic heterocycles. The first kappa shape index (κ1) is 12.8. The van der Waals surface area contributed by atoms with Crippen LogP contribution in [-0.2, 0) is 6.42 Å². The Morgan fingerprint density at radius 2 is 1.78 bits per heavy atom. The van der Waals surface area contributed by atoms with Crippen LogP contribution < -0.4 is 10.2 Å². The minimum Gasteiger partial charge on any atom is -0.457 e. The SMILES string of the molecule is Bc1ccc(Oc2cccc(CCCC)c2)cc1. The van der Waals surface area contributed by atoms with Crippen molar-refractivity contribution in [3.05, 3.63) is 54.1 Å². The molecule has 0 saturated carbocycles. The summed E-state index contributed by atoms with van der Waals surface area (Å²) >= 11 is 0. The monoisotopic (exact) mass is 238 g/mol. The maximum atomic E-state index is 5.85. The van der Waals surface area contributed by atoms with Gasteiger partial charge in [0.1, 0.15) is 19.3 Å². The predicted octanol–water partition coefficient (Wildman–Crippen LogP) is 3.08. The molecule has 2 aromatic carbocycles. The van der Waals surface area contributed by atoms with E-state index in [1.54, 1.807) is 0 Å². The first-order valence-electron chi connectivity index (χ1n) is 6.61. The molecule has 0 atom stereocenters. The van der Waals surface area contributed by atoms with Crippen LogP contribution in [-0.4, -0.2) is 7.85 Å². The second-order valence-electron chi connectivity index (χ2n) is 4.67. The molecule has 0 unspecified atom stereocenters. The van der Waals surface area contributed by atoms with Crippen molar-refractivity contribution in [2.24, 2.45) is 0 Å². The van der Waals surface area contributed by atoms with Crippen LogP contribution in [0.5, 0.6) is 11.5 Å². The van der Waals surface area contributed by atoms with Gasteiger partial charge in [0.15, 0.2) is 0 Å². The molecule has 1 nitrogen and oxygen atoms in total. The van der Waals surface area contributed by atoms with Gasteiger partial charge in [0, 0.05) is 0 Å². The molecule has 0 bridgehead atoms. The van der Waals surface area contributed by atoms with Crippen LogP contribution in [0.25, 0.3) is 0 Å².